The predicted octanol–water partition coefficient (Wildman–Crippen LogP) is 1.45. The molecule has 1 aromatic heterocycles. The van der Waals surface area contributed by atoms with Gasteiger partial charge in [0.15, 0.2) is 0 Å². The molecule has 2 fully saturated rings. The third-order valence-corrected chi connectivity index (χ3v) is 4.57. The van der Waals surface area contributed by atoms with Gasteiger partial charge in [0.2, 0.25) is 5.95 Å². The molecule has 1 aromatic rings. The van der Waals surface area contributed by atoms with Crippen molar-refractivity contribution >= 4 is 17.5 Å². The van der Waals surface area contributed by atoms with Gasteiger partial charge in [0.1, 0.15) is 0 Å². The van der Waals surface area contributed by atoms with Crippen molar-refractivity contribution in [3.63, 3.8) is 0 Å². The molecule has 122 valence electrons. The molecule has 3 rings (SSSR count). The molecular weight excluding hydrogens is 304 g/mol. The molecule has 6 nitrogen and oxygen atoms in total. The minimum atomic E-state index is 0.225. The Bertz CT molecular complexity index is 459. The summed E-state index contributed by atoms with van der Waals surface area (Å²) >= 11 is 5.84. The normalized spacial score (nSPS) is 24.4. The van der Waals surface area contributed by atoms with Crippen molar-refractivity contribution < 1.29 is 9.47 Å². The highest BCUT2D eigenvalue weighted by Crippen LogP contribution is 2.20. The first-order chi connectivity index (χ1) is 10.7. The Morgan fingerprint density at radius 2 is 2.00 bits per heavy atom. The molecule has 0 bridgehead atoms. The van der Waals surface area contributed by atoms with E-state index in [1.54, 1.807) is 12.4 Å². The lowest BCUT2D eigenvalue weighted by molar-refractivity contribution is -0.0987. The number of likely N-dealkylation sites (tertiary alicyclic amines) is 1. The summed E-state index contributed by atoms with van der Waals surface area (Å²) in [6, 6.07) is 0.473. The van der Waals surface area contributed by atoms with Gasteiger partial charge in [0.05, 0.1) is 43.3 Å². The van der Waals surface area contributed by atoms with Crippen LogP contribution >= 0.6 is 11.6 Å². The first-order valence-electron chi connectivity index (χ1n) is 7.84. The van der Waals surface area contributed by atoms with Crippen LogP contribution in [0.2, 0.25) is 5.02 Å². The molecule has 0 aliphatic carbocycles. The van der Waals surface area contributed by atoms with Crippen LogP contribution in [-0.4, -0.2) is 73.5 Å². The van der Waals surface area contributed by atoms with Crippen molar-refractivity contribution in [2.24, 2.45) is 0 Å². The summed E-state index contributed by atoms with van der Waals surface area (Å²) in [5, 5.41) is 0.571. The minimum absolute atomic E-state index is 0.225. The van der Waals surface area contributed by atoms with Crippen LogP contribution in [0.3, 0.4) is 0 Å². The van der Waals surface area contributed by atoms with Gasteiger partial charge in [-0.1, -0.05) is 11.6 Å². The first kappa shape index (κ1) is 15.9. The summed E-state index contributed by atoms with van der Waals surface area (Å²) in [6.07, 6.45) is 5.74. The van der Waals surface area contributed by atoms with E-state index in [2.05, 4.69) is 26.8 Å². The molecule has 1 atom stereocenters. The van der Waals surface area contributed by atoms with E-state index >= 15 is 0 Å². The summed E-state index contributed by atoms with van der Waals surface area (Å²) < 4.78 is 11.2. The predicted molar refractivity (Wildman–Crippen MR) is 85.5 cm³/mol. The number of piperidine rings is 1. The van der Waals surface area contributed by atoms with Crippen LogP contribution in [0.25, 0.3) is 0 Å². The molecule has 2 aliphatic heterocycles. The highest BCUT2D eigenvalue weighted by molar-refractivity contribution is 6.30. The Balaban J connectivity index is 1.47. The zero-order valence-electron chi connectivity index (χ0n) is 12.9. The smallest absolute Gasteiger partial charge is 0.225 e. The fraction of sp³-hybridized carbons (Fsp3) is 0.733. The van der Waals surface area contributed by atoms with Crippen molar-refractivity contribution in [1.82, 2.24) is 14.9 Å². The number of nitrogens with zero attached hydrogens (tertiary/aromatic N) is 4. The number of aromatic nitrogens is 2. The van der Waals surface area contributed by atoms with Gasteiger partial charge in [0, 0.05) is 32.7 Å². The summed E-state index contributed by atoms with van der Waals surface area (Å²) in [6.45, 7) is 5.28. The Kier molecular flexibility index (Phi) is 5.46. The molecule has 1 unspecified atom stereocenters. The van der Waals surface area contributed by atoms with Gasteiger partial charge in [-0.15, -0.1) is 0 Å². The molecule has 2 saturated heterocycles. The fourth-order valence-corrected chi connectivity index (χ4v) is 3.17. The molecule has 0 aromatic carbocycles. The third kappa shape index (κ3) is 4.07. The van der Waals surface area contributed by atoms with Gasteiger partial charge < -0.3 is 19.3 Å². The Morgan fingerprint density at radius 1 is 1.27 bits per heavy atom. The second kappa shape index (κ2) is 7.55. The molecular formula is C15H23ClN4O2. The van der Waals surface area contributed by atoms with Crippen LogP contribution in [0.1, 0.15) is 12.8 Å². The zero-order valence-corrected chi connectivity index (χ0v) is 13.7. The topological polar surface area (TPSA) is 50.7 Å². The Labute approximate surface area is 136 Å². The van der Waals surface area contributed by atoms with E-state index in [-0.39, 0.29) is 6.10 Å². The standard InChI is InChI=1S/C15H23ClN4O2/c1-19(15-17-8-12(16)9-18-15)13-2-4-20(5-3-13)10-14-11-21-6-7-22-14/h8-9,13-14H,2-7,10-11H2,1H3. The number of rotatable bonds is 4. The van der Waals surface area contributed by atoms with Crippen molar-refractivity contribution in [2.75, 3.05) is 51.4 Å². The molecule has 3 heterocycles. The largest absolute Gasteiger partial charge is 0.376 e. The van der Waals surface area contributed by atoms with Gasteiger partial charge in [0.25, 0.3) is 0 Å². The molecule has 0 spiro atoms. The lowest BCUT2D eigenvalue weighted by Crippen LogP contribution is -2.47. The van der Waals surface area contributed by atoms with E-state index < -0.39 is 0 Å². The Hall–Kier alpha value is -0.950. The summed E-state index contributed by atoms with van der Waals surface area (Å²) in [5.41, 5.74) is 0. The van der Waals surface area contributed by atoms with E-state index in [0.29, 0.717) is 11.1 Å². The summed E-state index contributed by atoms with van der Waals surface area (Å²) in [7, 11) is 2.06. The maximum absolute atomic E-state index is 5.84. The lowest BCUT2D eigenvalue weighted by Gasteiger charge is -2.38. The van der Waals surface area contributed by atoms with Gasteiger partial charge in [-0.25, -0.2) is 9.97 Å². The Morgan fingerprint density at radius 3 is 2.64 bits per heavy atom. The van der Waals surface area contributed by atoms with Crippen LogP contribution in [0.4, 0.5) is 5.95 Å². The van der Waals surface area contributed by atoms with Crippen LogP contribution in [0, 0.1) is 0 Å². The highest BCUT2D eigenvalue weighted by atomic mass is 35.5. The van der Waals surface area contributed by atoms with Crippen LogP contribution in [-0.2, 0) is 9.47 Å². The first-order valence-corrected chi connectivity index (χ1v) is 8.22. The second-order valence-electron chi connectivity index (χ2n) is 5.91. The van der Waals surface area contributed by atoms with Crippen molar-refractivity contribution in [3.05, 3.63) is 17.4 Å². The average Bonchev–Trinajstić information content (AvgIpc) is 2.57. The molecule has 0 amide bonds. The van der Waals surface area contributed by atoms with E-state index in [9.17, 15) is 0 Å². The quantitative estimate of drug-likeness (QED) is 0.834. The number of hydrogen-bond donors (Lipinski definition) is 0. The zero-order chi connectivity index (χ0) is 15.4. The SMILES string of the molecule is CN(c1ncc(Cl)cn1)C1CCN(CC2COCCO2)CC1. The molecule has 2 aliphatic rings. The number of hydrogen-bond acceptors (Lipinski definition) is 6. The molecule has 0 saturated carbocycles. The number of ether oxygens (including phenoxy) is 2. The summed E-state index contributed by atoms with van der Waals surface area (Å²) in [5.74, 6) is 0.742. The maximum Gasteiger partial charge on any atom is 0.225 e. The summed E-state index contributed by atoms with van der Waals surface area (Å²) in [4.78, 5) is 13.2. The van der Waals surface area contributed by atoms with Crippen LogP contribution in [0.15, 0.2) is 12.4 Å². The van der Waals surface area contributed by atoms with E-state index in [1.807, 2.05) is 0 Å². The second-order valence-corrected chi connectivity index (χ2v) is 6.35. The monoisotopic (exact) mass is 326 g/mol. The van der Waals surface area contributed by atoms with Gasteiger partial charge in [-0.2, -0.15) is 0 Å². The van der Waals surface area contributed by atoms with Gasteiger partial charge in [-0.3, -0.25) is 0 Å². The van der Waals surface area contributed by atoms with E-state index in [0.717, 1.165) is 58.2 Å². The molecule has 0 N–H and O–H groups in total. The molecule has 7 heteroatoms. The van der Waals surface area contributed by atoms with Crippen LogP contribution in [0.5, 0.6) is 0 Å². The third-order valence-electron chi connectivity index (χ3n) is 4.37. The number of halogens is 1. The maximum atomic E-state index is 5.84. The average molecular weight is 327 g/mol. The van der Waals surface area contributed by atoms with Crippen molar-refractivity contribution in [3.8, 4) is 0 Å². The molecule has 0 radical (unpaired) electrons. The van der Waals surface area contributed by atoms with E-state index in [1.165, 1.54) is 0 Å². The number of anilines is 1. The van der Waals surface area contributed by atoms with Crippen LogP contribution < -0.4 is 4.90 Å². The lowest BCUT2D eigenvalue weighted by atomic mass is 10.0. The van der Waals surface area contributed by atoms with Gasteiger partial charge >= 0.3 is 0 Å². The van der Waals surface area contributed by atoms with E-state index in [4.69, 9.17) is 21.1 Å². The minimum Gasteiger partial charge on any atom is -0.376 e. The van der Waals surface area contributed by atoms with Crippen molar-refractivity contribution in [2.45, 2.75) is 25.0 Å². The van der Waals surface area contributed by atoms with Gasteiger partial charge in [-0.05, 0) is 12.8 Å². The fourth-order valence-electron chi connectivity index (χ4n) is 3.07. The highest BCUT2D eigenvalue weighted by Gasteiger charge is 2.26. The van der Waals surface area contributed by atoms with Crippen molar-refractivity contribution in [1.29, 1.82) is 0 Å². The molecule has 22 heavy (non-hydrogen) atoms.